The summed E-state index contributed by atoms with van der Waals surface area (Å²) in [5, 5.41) is 6.02. The van der Waals surface area contributed by atoms with E-state index in [1.165, 1.54) is 0 Å². The molecule has 0 radical (unpaired) electrons. The number of halogens is 1. The van der Waals surface area contributed by atoms with Gasteiger partial charge in [0, 0.05) is 21.5 Å². The molecule has 2 unspecified atom stereocenters. The van der Waals surface area contributed by atoms with Crippen molar-refractivity contribution in [3.8, 4) is 0 Å². The topological polar surface area (TPSA) is 101 Å². The van der Waals surface area contributed by atoms with E-state index in [2.05, 4.69) is 26.6 Å². The van der Waals surface area contributed by atoms with Crippen LogP contribution in [0.15, 0.2) is 33.6 Å². The molecule has 6 nitrogen and oxygen atoms in total. The average Bonchev–Trinajstić information content (AvgIpc) is 3.51. The molecule has 1 aromatic carbocycles. The Labute approximate surface area is 177 Å². The normalized spacial score (nSPS) is 24.0. The van der Waals surface area contributed by atoms with Crippen molar-refractivity contribution in [2.75, 3.05) is 0 Å². The highest BCUT2D eigenvalue weighted by Crippen LogP contribution is 2.52. The fourth-order valence-corrected chi connectivity index (χ4v) is 4.82. The fraction of sp³-hybridized carbons (Fsp3) is 0.550. The number of primary amides is 1. The predicted octanol–water partition coefficient (Wildman–Crippen LogP) is 2.59. The van der Waals surface area contributed by atoms with E-state index in [-0.39, 0.29) is 40.5 Å². The van der Waals surface area contributed by atoms with E-state index in [1.807, 2.05) is 38.1 Å². The molecule has 0 heterocycles. The molecule has 152 valence electrons. The molecule has 2 saturated carbocycles. The minimum Gasteiger partial charge on any atom is -0.369 e. The lowest BCUT2D eigenvalue weighted by molar-refractivity contribution is -0.126. The lowest BCUT2D eigenvalue weighted by Crippen LogP contribution is -2.44. The van der Waals surface area contributed by atoms with E-state index in [1.54, 1.807) is 11.8 Å². The minimum atomic E-state index is -0.411. The third-order valence-electron chi connectivity index (χ3n) is 5.21. The van der Waals surface area contributed by atoms with Gasteiger partial charge < -0.3 is 16.4 Å². The SMILES string of the molecule is CC(CC(C)NC(=O)C1(Sc2ccc(Br)cc2)CC1)NC(=O)[C@@H]1C[C@@H]1C(N)=O. The quantitative estimate of drug-likeness (QED) is 0.519. The molecule has 4 N–H and O–H groups in total. The van der Waals surface area contributed by atoms with Crippen LogP contribution < -0.4 is 16.4 Å². The number of carbonyl (C=O) groups is 3. The molecule has 2 aliphatic carbocycles. The molecular weight excluding hydrogens is 442 g/mol. The zero-order chi connectivity index (χ0) is 20.5. The van der Waals surface area contributed by atoms with E-state index in [4.69, 9.17) is 5.73 Å². The van der Waals surface area contributed by atoms with E-state index < -0.39 is 5.91 Å². The van der Waals surface area contributed by atoms with Gasteiger partial charge >= 0.3 is 0 Å². The third kappa shape index (κ3) is 5.29. The molecule has 8 heteroatoms. The number of carbonyl (C=O) groups excluding carboxylic acids is 3. The first-order chi connectivity index (χ1) is 13.2. The molecule has 0 spiro atoms. The number of thioether (sulfide) groups is 1. The number of hydrogen-bond acceptors (Lipinski definition) is 4. The van der Waals surface area contributed by atoms with E-state index in [9.17, 15) is 14.4 Å². The molecule has 3 amide bonds. The van der Waals surface area contributed by atoms with Crippen LogP contribution in [0, 0.1) is 11.8 Å². The van der Waals surface area contributed by atoms with Gasteiger partial charge in [0.15, 0.2) is 0 Å². The van der Waals surface area contributed by atoms with Gasteiger partial charge in [0.05, 0.1) is 16.6 Å². The van der Waals surface area contributed by atoms with Gasteiger partial charge in [-0.1, -0.05) is 15.9 Å². The van der Waals surface area contributed by atoms with Gasteiger partial charge in [-0.3, -0.25) is 14.4 Å². The van der Waals surface area contributed by atoms with Crippen LogP contribution in [0.4, 0.5) is 0 Å². The fourth-order valence-electron chi connectivity index (χ4n) is 3.37. The Morgan fingerprint density at radius 3 is 2.29 bits per heavy atom. The first-order valence-electron chi connectivity index (χ1n) is 9.55. The van der Waals surface area contributed by atoms with Gasteiger partial charge in [-0.05, 0) is 63.8 Å². The van der Waals surface area contributed by atoms with Crippen molar-refractivity contribution < 1.29 is 14.4 Å². The Hall–Kier alpha value is -1.54. The zero-order valence-corrected chi connectivity index (χ0v) is 18.4. The predicted molar refractivity (Wildman–Crippen MR) is 113 cm³/mol. The van der Waals surface area contributed by atoms with Crippen molar-refractivity contribution in [1.82, 2.24) is 10.6 Å². The van der Waals surface area contributed by atoms with Crippen LogP contribution in [-0.2, 0) is 14.4 Å². The molecule has 0 aromatic heterocycles. The van der Waals surface area contributed by atoms with E-state index >= 15 is 0 Å². The molecule has 2 fully saturated rings. The second-order valence-corrected chi connectivity index (χ2v) is 10.3. The first-order valence-corrected chi connectivity index (χ1v) is 11.2. The molecule has 0 bridgehead atoms. The van der Waals surface area contributed by atoms with Gasteiger partial charge in [0.25, 0.3) is 0 Å². The Morgan fingerprint density at radius 2 is 1.75 bits per heavy atom. The van der Waals surface area contributed by atoms with Crippen molar-refractivity contribution in [2.24, 2.45) is 17.6 Å². The summed E-state index contributed by atoms with van der Waals surface area (Å²) in [7, 11) is 0. The molecule has 2 aliphatic rings. The number of amides is 3. The lowest BCUT2D eigenvalue weighted by atomic mass is 10.1. The number of nitrogens with two attached hydrogens (primary N) is 1. The Kier molecular flexibility index (Phi) is 6.39. The second-order valence-electron chi connectivity index (χ2n) is 7.92. The molecule has 28 heavy (non-hydrogen) atoms. The summed E-state index contributed by atoms with van der Waals surface area (Å²) >= 11 is 5.04. The summed E-state index contributed by atoms with van der Waals surface area (Å²) in [5.41, 5.74) is 5.23. The highest BCUT2D eigenvalue weighted by molar-refractivity contribution is 9.10. The number of rotatable bonds is 9. The maximum atomic E-state index is 12.8. The van der Waals surface area contributed by atoms with Crippen molar-refractivity contribution >= 4 is 45.4 Å². The average molecular weight is 468 g/mol. The molecule has 4 atom stereocenters. The first kappa shape index (κ1) is 21.2. The summed E-state index contributed by atoms with van der Waals surface area (Å²) < 4.78 is 0.640. The Balaban J connectivity index is 1.44. The Morgan fingerprint density at radius 1 is 1.14 bits per heavy atom. The summed E-state index contributed by atoms with van der Waals surface area (Å²) in [6, 6.07) is 7.83. The lowest BCUT2D eigenvalue weighted by Gasteiger charge is -2.22. The molecular formula is C20H26BrN3O3S. The van der Waals surface area contributed by atoms with Crippen molar-refractivity contribution in [2.45, 2.75) is 61.3 Å². The molecule has 0 aliphatic heterocycles. The summed E-state index contributed by atoms with van der Waals surface area (Å²) in [4.78, 5) is 37.1. The highest BCUT2D eigenvalue weighted by Gasteiger charge is 2.51. The highest BCUT2D eigenvalue weighted by atomic mass is 79.9. The standard InChI is InChI=1S/C20H26BrN3O3S/c1-11(23-18(26)16-10-15(16)17(22)25)9-12(2)24-19(27)20(7-8-20)28-14-5-3-13(21)4-6-14/h3-6,11-12,15-16H,7-10H2,1-2H3,(H2,22,25)(H,23,26)(H,24,27)/t11?,12?,15-,16+/m0/s1. The zero-order valence-electron chi connectivity index (χ0n) is 16.0. The van der Waals surface area contributed by atoms with Crippen molar-refractivity contribution in [1.29, 1.82) is 0 Å². The number of nitrogens with one attached hydrogen (secondary N) is 2. The Bertz CT molecular complexity index is 766. The van der Waals surface area contributed by atoms with Crippen LogP contribution >= 0.6 is 27.7 Å². The number of benzene rings is 1. The maximum absolute atomic E-state index is 12.8. The maximum Gasteiger partial charge on any atom is 0.236 e. The molecule has 1 aromatic rings. The third-order valence-corrected chi connectivity index (χ3v) is 7.23. The van der Waals surface area contributed by atoms with Gasteiger partial charge in [-0.2, -0.15) is 0 Å². The van der Waals surface area contributed by atoms with Crippen LogP contribution in [0.5, 0.6) is 0 Å². The summed E-state index contributed by atoms with van der Waals surface area (Å²) in [5.74, 6) is -1.09. The van der Waals surface area contributed by atoms with Gasteiger partial charge in [-0.25, -0.2) is 0 Å². The van der Waals surface area contributed by atoms with Crippen LogP contribution in [0.25, 0.3) is 0 Å². The van der Waals surface area contributed by atoms with Crippen molar-refractivity contribution in [3.05, 3.63) is 28.7 Å². The molecule has 3 rings (SSSR count). The largest absolute Gasteiger partial charge is 0.369 e. The number of hydrogen-bond donors (Lipinski definition) is 3. The van der Waals surface area contributed by atoms with Crippen LogP contribution in [0.3, 0.4) is 0 Å². The van der Waals surface area contributed by atoms with Gasteiger partial charge in [-0.15, -0.1) is 11.8 Å². The van der Waals surface area contributed by atoms with Crippen molar-refractivity contribution in [3.63, 3.8) is 0 Å². The van der Waals surface area contributed by atoms with Crippen LogP contribution in [0.1, 0.15) is 39.5 Å². The van der Waals surface area contributed by atoms with Gasteiger partial charge in [0.2, 0.25) is 17.7 Å². The van der Waals surface area contributed by atoms with E-state index in [0.717, 1.165) is 22.2 Å². The molecule has 0 saturated heterocycles. The van der Waals surface area contributed by atoms with E-state index in [0.29, 0.717) is 12.8 Å². The minimum absolute atomic E-state index is 0.0578. The second kappa shape index (κ2) is 8.45. The van der Waals surface area contributed by atoms with Crippen LogP contribution in [0.2, 0.25) is 0 Å². The monoisotopic (exact) mass is 467 g/mol. The van der Waals surface area contributed by atoms with Crippen LogP contribution in [-0.4, -0.2) is 34.6 Å². The van der Waals surface area contributed by atoms with Gasteiger partial charge in [0.1, 0.15) is 0 Å². The smallest absolute Gasteiger partial charge is 0.236 e. The summed E-state index contributed by atoms with van der Waals surface area (Å²) in [6.45, 7) is 3.86. The summed E-state index contributed by atoms with van der Waals surface area (Å²) in [6.07, 6.45) is 2.91.